The summed E-state index contributed by atoms with van der Waals surface area (Å²) < 4.78 is 5.69. The van der Waals surface area contributed by atoms with Gasteiger partial charge in [-0.25, -0.2) is 4.98 Å². The Balaban J connectivity index is 1.82. The summed E-state index contributed by atoms with van der Waals surface area (Å²) in [7, 11) is 0. The second-order valence-corrected chi connectivity index (χ2v) is 8.33. The third kappa shape index (κ3) is 6.05. The van der Waals surface area contributed by atoms with Gasteiger partial charge in [-0.05, 0) is 50.8 Å². The minimum absolute atomic E-state index is 0.103. The van der Waals surface area contributed by atoms with E-state index < -0.39 is 0 Å². The topological polar surface area (TPSA) is 58.4 Å². The molecule has 3 aromatic rings. The molecule has 31 heavy (non-hydrogen) atoms. The van der Waals surface area contributed by atoms with Gasteiger partial charge in [-0.3, -0.25) is 9.69 Å². The van der Waals surface area contributed by atoms with Crippen molar-refractivity contribution in [2.45, 2.75) is 66.2 Å². The number of amides is 1. The molecule has 2 aromatic carbocycles. The number of carbonyl (C=O) groups excluding carboxylic acids is 1. The molecular formula is C26H33N3O2. The predicted molar refractivity (Wildman–Crippen MR) is 124 cm³/mol. The number of benzene rings is 2. The summed E-state index contributed by atoms with van der Waals surface area (Å²) >= 11 is 0. The molecule has 0 unspecified atom stereocenters. The van der Waals surface area contributed by atoms with E-state index in [0.29, 0.717) is 18.1 Å². The summed E-state index contributed by atoms with van der Waals surface area (Å²) in [5, 5.41) is 2.94. The maximum Gasteiger partial charge on any atom is 0.273 e. The molecule has 1 amide bonds. The average molecular weight is 420 g/mol. The number of nitrogens with zero attached hydrogens (tertiary/aromatic N) is 2. The van der Waals surface area contributed by atoms with Crippen LogP contribution in [0.15, 0.2) is 59.2 Å². The molecule has 0 aliphatic carbocycles. The summed E-state index contributed by atoms with van der Waals surface area (Å²) in [5.74, 6) is 0.350. The van der Waals surface area contributed by atoms with Crippen LogP contribution in [-0.4, -0.2) is 21.8 Å². The molecule has 0 aliphatic rings. The Labute approximate surface area is 185 Å². The number of aryl methyl sites for hydroxylation is 2. The largest absolute Gasteiger partial charge is 0.447 e. The second kappa shape index (κ2) is 10.4. The van der Waals surface area contributed by atoms with E-state index in [1.807, 2.05) is 19.9 Å². The van der Waals surface area contributed by atoms with Crippen LogP contribution in [0, 0.1) is 13.8 Å². The first-order valence-electron chi connectivity index (χ1n) is 11.0. The Kier molecular flexibility index (Phi) is 7.64. The summed E-state index contributed by atoms with van der Waals surface area (Å²) in [5.41, 5.74) is 5.36. The lowest BCUT2D eigenvalue weighted by Crippen LogP contribution is -2.32. The fourth-order valence-corrected chi connectivity index (χ4v) is 3.58. The van der Waals surface area contributed by atoms with Crippen LogP contribution in [0.1, 0.15) is 71.9 Å². The Morgan fingerprint density at radius 3 is 2.52 bits per heavy atom. The molecule has 5 heteroatoms. The lowest BCUT2D eigenvalue weighted by atomic mass is 10.0. The molecule has 0 saturated heterocycles. The molecule has 1 heterocycles. The highest BCUT2D eigenvalue weighted by molar-refractivity contribution is 5.92. The molecule has 0 spiro atoms. The highest BCUT2D eigenvalue weighted by Crippen LogP contribution is 2.25. The summed E-state index contributed by atoms with van der Waals surface area (Å²) in [6, 6.07) is 17.2. The van der Waals surface area contributed by atoms with Crippen LogP contribution in [0.4, 0.5) is 0 Å². The maximum atomic E-state index is 12.4. The number of hydrogen-bond donors (Lipinski definition) is 1. The number of carbonyl (C=O) groups is 1. The van der Waals surface area contributed by atoms with E-state index in [-0.39, 0.29) is 18.0 Å². The molecule has 1 aromatic heterocycles. The predicted octanol–water partition coefficient (Wildman–Crippen LogP) is 5.58. The van der Waals surface area contributed by atoms with Gasteiger partial charge in [0.2, 0.25) is 5.89 Å². The molecule has 2 atom stereocenters. The molecule has 0 saturated carbocycles. The van der Waals surface area contributed by atoms with Gasteiger partial charge in [-0.15, -0.1) is 0 Å². The van der Waals surface area contributed by atoms with Gasteiger partial charge in [0.05, 0.1) is 6.54 Å². The molecular weight excluding hydrogens is 386 g/mol. The van der Waals surface area contributed by atoms with Crippen molar-refractivity contribution in [3.05, 3.63) is 88.6 Å². The standard InChI is InChI=1S/C26H33N3O2/c1-6-20(4)27-26(30)24-17-31-25(28-24)16-29(21(5)22-10-8-7-9-11-22)15-23-13-12-18(2)14-19(23)3/h7-14,17,20-21H,6,15-16H2,1-5H3,(H,27,30)/t20-,21+/m0/s1. The van der Waals surface area contributed by atoms with Crippen LogP contribution in [0.5, 0.6) is 0 Å². The SMILES string of the molecule is CC[C@H](C)NC(=O)c1coc(CN(Cc2ccc(C)cc2C)[C@H](C)c2ccccc2)n1. The van der Waals surface area contributed by atoms with Crippen molar-refractivity contribution in [3.8, 4) is 0 Å². The summed E-state index contributed by atoms with van der Waals surface area (Å²) in [4.78, 5) is 19.2. The van der Waals surface area contributed by atoms with Gasteiger partial charge >= 0.3 is 0 Å². The van der Waals surface area contributed by atoms with Crippen molar-refractivity contribution in [1.82, 2.24) is 15.2 Å². The Bertz CT molecular complexity index is 997. The number of oxazole rings is 1. The van der Waals surface area contributed by atoms with E-state index in [9.17, 15) is 4.79 Å². The molecule has 1 N–H and O–H groups in total. The maximum absolute atomic E-state index is 12.4. The molecule has 0 fully saturated rings. The Hall–Kier alpha value is -2.92. The zero-order valence-electron chi connectivity index (χ0n) is 19.2. The van der Waals surface area contributed by atoms with Crippen LogP contribution < -0.4 is 5.32 Å². The number of hydrogen-bond acceptors (Lipinski definition) is 4. The molecule has 0 radical (unpaired) electrons. The number of rotatable bonds is 9. The summed E-state index contributed by atoms with van der Waals surface area (Å²) in [6.07, 6.45) is 2.32. The number of nitrogens with one attached hydrogen (secondary N) is 1. The first kappa shape index (κ1) is 22.8. The minimum atomic E-state index is -0.193. The Morgan fingerprint density at radius 1 is 1.10 bits per heavy atom. The van der Waals surface area contributed by atoms with Crippen molar-refractivity contribution in [2.24, 2.45) is 0 Å². The third-order valence-electron chi connectivity index (χ3n) is 5.81. The fraction of sp³-hybridized carbons (Fsp3) is 0.385. The zero-order valence-corrected chi connectivity index (χ0v) is 19.2. The third-order valence-corrected chi connectivity index (χ3v) is 5.81. The van der Waals surface area contributed by atoms with E-state index in [1.165, 1.54) is 28.5 Å². The highest BCUT2D eigenvalue weighted by atomic mass is 16.3. The van der Waals surface area contributed by atoms with Gasteiger partial charge in [-0.2, -0.15) is 0 Å². The van der Waals surface area contributed by atoms with Gasteiger partial charge < -0.3 is 9.73 Å². The van der Waals surface area contributed by atoms with Gasteiger partial charge in [0.15, 0.2) is 5.69 Å². The number of aromatic nitrogens is 1. The first-order valence-corrected chi connectivity index (χ1v) is 11.0. The van der Waals surface area contributed by atoms with Gasteiger partial charge in [0.25, 0.3) is 5.91 Å². The zero-order chi connectivity index (χ0) is 22.4. The molecule has 0 aliphatic heterocycles. The molecule has 5 nitrogen and oxygen atoms in total. The van der Waals surface area contributed by atoms with Crippen molar-refractivity contribution < 1.29 is 9.21 Å². The lowest BCUT2D eigenvalue weighted by molar-refractivity contribution is 0.0934. The normalized spacial score (nSPS) is 13.2. The quantitative estimate of drug-likeness (QED) is 0.492. The van der Waals surface area contributed by atoms with Crippen LogP contribution in [0.25, 0.3) is 0 Å². The van der Waals surface area contributed by atoms with E-state index in [1.54, 1.807) is 0 Å². The Morgan fingerprint density at radius 2 is 1.84 bits per heavy atom. The molecule has 0 bridgehead atoms. The average Bonchev–Trinajstić information content (AvgIpc) is 3.23. The van der Waals surface area contributed by atoms with Crippen LogP contribution >= 0.6 is 0 Å². The second-order valence-electron chi connectivity index (χ2n) is 8.33. The fourth-order valence-electron chi connectivity index (χ4n) is 3.58. The van der Waals surface area contributed by atoms with Crippen molar-refractivity contribution >= 4 is 5.91 Å². The summed E-state index contributed by atoms with van der Waals surface area (Å²) in [6.45, 7) is 11.7. The molecule has 3 rings (SSSR count). The minimum Gasteiger partial charge on any atom is -0.447 e. The van der Waals surface area contributed by atoms with Crippen LogP contribution in [0.3, 0.4) is 0 Å². The lowest BCUT2D eigenvalue weighted by Gasteiger charge is -2.29. The van der Waals surface area contributed by atoms with E-state index in [4.69, 9.17) is 4.42 Å². The smallest absolute Gasteiger partial charge is 0.273 e. The van der Waals surface area contributed by atoms with Crippen molar-refractivity contribution in [1.29, 1.82) is 0 Å². The van der Waals surface area contributed by atoms with Gasteiger partial charge in [0.1, 0.15) is 6.26 Å². The van der Waals surface area contributed by atoms with E-state index >= 15 is 0 Å². The monoisotopic (exact) mass is 419 g/mol. The van der Waals surface area contributed by atoms with Gasteiger partial charge in [0, 0.05) is 18.6 Å². The van der Waals surface area contributed by atoms with E-state index in [0.717, 1.165) is 13.0 Å². The highest BCUT2D eigenvalue weighted by Gasteiger charge is 2.21. The first-order chi connectivity index (χ1) is 14.9. The van der Waals surface area contributed by atoms with Crippen LogP contribution in [-0.2, 0) is 13.1 Å². The van der Waals surface area contributed by atoms with E-state index in [2.05, 4.69) is 78.4 Å². The van der Waals surface area contributed by atoms with Gasteiger partial charge in [-0.1, -0.05) is 61.0 Å². The van der Waals surface area contributed by atoms with Crippen molar-refractivity contribution in [2.75, 3.05) is 0 Å². The molecule has 164 valence electrons. The van der Waals surface area contributed by atoms with Crippen molar-refractivity contribution in [3.63, 3.8) is 0 Å². The van der Waals surface area contributed by atoms with Crippen LogP contribution in [0.2, 0.25) is 0 Å².